The molecule has 0 fully saturated rings. The van der Waals surface area contributed by atoms with E-state index < -0.39 is 23.4 Å². The number of halogens is 1. The first-order valence-electron chi connectivity index (χ1n) is 9.17. The lowest BCUT2D eigenvalue weighted by Gasteiger charge is -2.17. The van der Waals surface area contributed by atoms with Crippen molar-refractivity contribution in [1.29, 1.82) is 0 Å². The molecular formula is C20H21ClN4O6S. The van der Waals surface area contributed by atoms with Crippen molar-refractivity contribution in [3.8, 4) is 0 Å². The van der Waals surface area contributed by atoms with Crippen LogP contribution in [-0.2, 0) is 25.4 Å². The van der Waals surface area contributed by atoms with Crippen molar-refractivity contribution in [3.05, 3.63) is 47.5 Å². The maximum absolute atomic E-state index is 13.0. The van der Waals surface area contributed by atoms with Gasteiger partial charge in [0.15, 0.2) is 9.79 Å². The van der Waals surface area contributed by atoms with E-state index in [1.807, 2.05) is 0 Å². The molecule has 0 aromatic heterocycles. The van der Waals surface area contributed by atoms with Crippen molar-refractivity contribution >= 4 is 58.2 Å². The number of hydrogen-bond acceptors (Lipinski definition) is 6. The van der Waals surface area contributed by atoms with Gasteiger partial charge in [-0.2, -0.15) is 0 Å². The summed E-state index contributed by atoms with van der Waals surface area (Å²) in [7, 11) is 2.26. The van der Waals surface area contributed by atoms with Gasteiger partial charge in [-0.25, -0.2) is 9.59 Å². The molecule has 170 valence electrons. The summed E-state index contributed by atoms with van der Waals surface area (Å²) in [4.78, 5) is 39.6. The predicted molar refractivity (Wildman–Crippen MR) is 120 cm³/mol. The number of anilines is 2. The molecule has 0 aliphatic heterocycles. The number of guanidine groups is 1. The van der Waals surface area contributed by atoms with Gasteiger partial charge in [0.25, 0.3) is 0 Å². The summed E-state index contributed by atoms with van der Waals surface area (Å²) in [5.41, 5.74) is 0.506. The second kappa shape index (κ2) is 11.9. The minimum absolute atomic E-state index is 0.185. The van der Waals surface area contributed by atoms with Gasteiger partial charge < -0.3 is 24.7 Å². The molecule has 2 aromatic carbocycles. The lowest BCUT2D eigenvalue weighted by molar-refractivity contribution is -0.115. The van der Waals surface area contributed by atoms with Crippen LogP contribution in [0.5, 0.6) is 0 Å². The van der Waals surface area contributed by atoms with Gasteiger partial charge in [-0.15, -0.1) is 4.99 Å². The Hall–Kier alpha value is -3.28. The first-order chi connectivity index (χ1) is 15.3. The normalized spacial score (nSPS) is 11.8. The standard InChI is InChI=1S/C20H21ClN4O6S/c1-4-17(26)22-16-11-14(32(29)13-7-5-6-12(21)10-13)8-9-15(16)23-18(24-19(27)30-2)25-20(28)31-3/h5-11H,4H2,1-3H3,(H,22,26)(H2,23,24,25,27,28). The third kappa shape index (κ3) is 7.15. The molecule has 1 unspecified atom stereocenters. The number of methoxy groups -OCH3 is 2. The highest BCUT2D eigenvalue weighted by Gasteiger charge is 2.19. The molecule has 0 aliphatic carbocycles. The van der Waals surface area contributed by atoms with E-state index in [4.69, 9.17) is 11.6 Å². The molecule has 0 heterocycles. The van der Waals surface area contributed by atoms with Crippen LogP contribution in [0.2, 0.25) is 5.02 Å². The highest BCUT2D eigenvalue weighted by atomic mass is 35.5. The van der Waals surface area contributed by atoms with E-state index in [1.165, 1.54) is 12.1 Å². The van der Waals surface area contributed by atoms with Crippen molar-refractivity contribution in [1.82, 2.24) is 5.32 Å². The highest BCUT2D eigenvalue weighted by Crippen LogP contribution is 2.30. The van der Waals surface area contributed by atoms with Gasteiger partial charge in [0.05, 0.1) is 25.6 Å². The van der Waals surface area contributed by atoms with E-state index in [-0.39, 0.29) is 29.7 Å². The Balaban J connectivity index is 2.44. The molecule has 32 heavy (non-hydrogen) atoms. The molecule has 0 aliphatic rings. The lowest BCUT2D eigenvalue weighted by Crippen LogP contribution is -2.36. The molecule has 1 atom stereocenters. The number of nitrogens with one attached hydrogen (secondary N) is 3. The molecule has 10 nitrogen and oxygen atoms in total. The van der Waals surface area contributed by atoms with Gasteiger partial charge in [0, 0.05) is 34.8 Å². The summed E-state index contributed by atoms with van der Waals surface area (Å²) < 4.78 is 22.0. The van der Waals surface area contributed by atoms with E-state index in [1.54, 1.807) is 37.3 Å². The Kier molecular flexibility index (Phi) is 9.32. The molecule has 0 spiro atoms. The number of ether oxygens (including phenoxy) is 2. The molecule has 2 aromatic rings. The van der Waals surface area contributed by atoms with Crippen molar-refractivity contribution in [3.63, 3.8) is 0 Å². The van der Waals surface area contributed by atoms with Gasteiger partial charge in [-0.05, 0) is 24.3 Å². The van der Waals surface area contributed by atoms with Crippen LogP contribution in [0.3, 0.4) is 0 Å². The number of nitrogens with zero attached hydrogens (tertiary/aromatic N) is 1. The Morgan fingerprint density at radius 3 is 2.38 bits per heavy atom. The predicted octanol–water partition coefficient (Wildman–Crippen LogP) is 3.75. The fourth-order valence-electron chi connectivity index (χ4n) is 2.31. The van der Waals surface area contributed by atoms with Crippen LogP contribution in [0.1, 0.15) is 13.3 Å². The number of carbonyl (C=O) groups is 3. The van der Waals surface area contributed by atoms with Crippen LogP contribution in [0, 0.1) is 0 Å². The molecule has 0 saturated carbocycles. The van der Waals surface area contributed by atoms with E-state index in [2.05, 4.69) is 30.4 Å². The zero-order valence-electron chi connectivity index (χ0n) is 17.4. The smallest absolute Gasteiger partial charge is 0.436 e. The Bertz CT molecular complexity index is 1030. The third-order valence-corrected chi connectivity index (χ3v) is 5.45. The number of benzene rings is 2. The van der Waals surface area contributed by atoms with Gasteiger partial charge in [-0.3, -0.25) is 10.1 Å². The number of aliphatic imine (C=N–C) groups is 1. The third-order valence-electron chi connectivity index (χ3n) is 3.85. The Labute approximate surface area is 192 Å². The summed E-state index contributed by atoms with van der Waals surface area (Å²) in [5.74, 6) is -0.620. The quantitative estimate of drug-likeness (QED) is 0.336. The Morgan fingerprint density at radius 1 is 1.03 bits per heavy atom. The zero-order chi connectivity index (χ0) is 23.7. The van der Waals surface area contributed by atoms with Crippen LogP contribution >= 0.6 is 11.6 Å². The second-order valence-electron chi connectivity index (χ2n) is 6.01. The highest BCUT2D eigenvalue weighted by molar-refractivity contribution is 7.91. The number of carbonyl (C=O) groups excluding carboxylic acids is 3. The second-order valence-corrected chi connectivity index (χ2v) is 7.92. The molecule has 0 radical (unpaired) electrons. The summed E-state index contributed by atoms with van der Waals surface area (Å²) in [5, 5.41) is 8.08. The molecular weight excluding hydrogens is 460 g/mol. The maximum atomic E-state index is 13.0. The van der Waals surface area contributed by atoms with Crippen molar-refractivity contribution < 1.29 is 28.4 Å². The summed E-state index contributed by atoms with van der Waals surface area (Å²) in [6.07, 6.45) is -1.69. The van der Waals surface area contributed by atoms with Crippen LogP contribution < -0.4 is 16.0 Å². The van der Waals surface area contributed by atoms with Gasteiger partial charge >= 0.3 is 12.2 Å². The minimum Gasteiger partial charge on any atom is -0.606 e. The van der Waals surface area contributed by atoms with Crippen LogP contribution in [0.15, 0.2) is 57.2 Å². The summed E-state index contributed by atoms with van der Waals surface area (Å²) >= 11 is 4.40. The van der Waals surface area contributed by atoms with E-state index in [0.29, 0.717) is 14.8 Å². The Morgan fingerprint density at radius 2 is 1.75 bits per heavy atom. The van der Waals surface area contributed by atoms with Crippen molar-refractivity contribution in [2.45, 2.75) is 23.1 Å². The van der Waals surface area contributed by atoms with Gasteiger partial charge in [0.1, 0.15) is 0 Å². The SMILES string of the molecule is CCC(=O)Nc1cc([S+]([O-])c2cccc(Cl)c2)ccc1NC(=NC(=O)OC)NC(=O)OC. The average Bonchev–Trinajstić information content (AvgIpc) is 2.79. The van der Waals surface area contributed by atoms with Crippen LogP contribution in [0.4, 0.5) is 21.0 Å². The molecule has 2 rings (SSSR count). The van der Waals surface area contributed by atoms with E-state index >= 15 is 0 Å². The molecule has 12 heteroatoms. The largest absolute Gasteiger partial charge is 0.606 e. The lowest BCUT2D eigenvalue weighted by atomic mass is 10.2. The summed E-state index contributed by atoms with van der Waals surface area (Å²) in [6.45, 7) is 1.67. The van der Waals surface area contributed by atoms with Gasteiger partial charge in [0.2, 0.25) is 11.9 Å². The van der Waals surface area contributed by atoms with Crippen molar-refractivity contribution in [2.24, 2.45) is 4.99 Å². The average molecular weight is 481 g/mol. The number of rotatable bonds is 5. The minimum atomic E-state index is -1.58. The number of amides is 3. The van der Waals surface area contributed by atoms with Gasteiger partial charge in [-0.1, -0.05) is 24.6 Å². The zero-order valence-corrected chi connectivity index (χ0v) is 19.0. The topological polar surface area (TPSA) is 141 Å². The van der Waals surface area contributed by atoms with Crippen LogP contribution in [0.25, 0.3) is 0 Å². The van der Waals surface area contributed by atoms with Crippen molar-refractivity contribution in [2.75, 3.05) is 24.9 Å². The first-order valence-corrected chi connectivity index (χ1v) is 10.7. The van der Waals surface area contributed by atoms with Crippen LogP contribution in [-0.4, -0.2) is 42.8 Å². The van der Waals surface area contributed by atoms with E-state index in [9.17, 15) is 18.9 Å². The first kappa shape index (κ1) is 25.0. The fourth-order valence-corrected chi connectivity index (χ4v) is 3.69. The molecule has 3 N–H and O–H groups in total. The van der Waals surface area contributed by atoms with E-state index in [0.717, 1.165) is 14.2 Å². The fraction of sp³-hybridized carbons (Fsp3) is 0.200. The molecule has 0 bridgehead atoms. The maximum Gasteiger partial charge on any atom is 0.436 e. The molecule has 0 saturated heterocycles. The number of alkyl carbamates (subject to hydrolysis) is 1. The molecule has 3 amide bonds. The number of hydrogen-bond donors (Lipinski definition) is 3. The summed E-state index contributed by atoms with van der Waals surface area (Å²) in [6, 6.07) is 11.2. The monoisotopic (exact) mass is 480 g/mol.